The molecule has 86 valence electrons. The van der Waals surface area contributed by atoms with Gasteiger partial charge in [-0.3, -0.25) is 10.1 Å². The van der Waals surface area contributed by atoms with Crippen LogP contribution in [0.25, 0.3) is 0 Å². The molecule has 0 aliphatic heterocycles. The zero-order chi connectivity index (χ0) is 12.3. The molecule has 0 N–H and O–H groups in total. The fourth-order valence-corrected chi connectivity index (χ4v) is 2.19. The van der Waals surface area contributed by atoms with Gasteiger partial charge in [-0.15, -0.1) is 0 Å². The average molecular weight is 353 g/mol. The maximum Gasteiger partial charge on any atom is 0.338 e. The van der Waals surface area contributed by atoms with Crippen LogP contribution in [0.2, 0.25) is 0 Å². The quantitative estimate of drug-likeness (QED) is 0.362. The van der Waals surface area contributed by atoms with Crippen molar-refractivity contribution in [2.75, 3.05) is 7.11 Å². The zero-order valence-corrected chi connectivity index (χ0v) is 11.3. The van der Waals surface area contributed by atoms with Gasteiger partial charge in [-0.05, 0) is 6.07 Å². The molecule has 7 heteroatoms. The standard InChI is InChI=1S/C9H7Br2NO4/c1-16-9(13)5-3-2-4-6(12(14)15)7(5)8(10)11/h2-4,8H,1H3. The number of nitro benzene ring substituents is 1. The predicted molar refractivity (Wildman–Crippen MR) is 65.0 cm³/mol. The van der Waals surface area contributed by atoms with Gasteiger partial charge in [-0.1, -0.05) is 37.9 Å². The Labute approximate surface area is 108 Å². The molecule has 0 unspecified atom stereocenters. The van der Waals surface area contributed by atoms with Gasteiger partial charge in [-0.2, -0.15) is 0 Å². The van der Waals surface area contributed by atoms with Crippen molar-refractivity contribution in [3.63, 3.8) is 0 Å². The Morgan fingerprint density at radius 1 is 1.50 bits per heavy atom. The Bertz CT molecular complexity index is 434. The van der Waals surface area contributed by atoms with Crippen LogP contribution < -0.4 is 0 Å². The van der Waals surface area contributed by atoms with E-state index >= 15 is 0 Å². The highest BCUT2D eigenvalue weighted by Gasteiger charge is 2.25. The number of ether oxygens (including phenoxy) is 1. The summed E-state index contributed by atoms with van der Waals surface area (Å²) in [5.74, 6) is -0.609. The molecule has 0 heterocycles. The van der Waals surface area contributed by atoms with Gasteiger partial charge in [0.1, 0.15) is 3.74 Å². The number of hydrogen-bond donors (Lipinski definition) is 0. The smallest absolute Gasteiger partial charge is 0.338 e. The van der Waals surface area contributed by atoms with Crippen molar-refractivity contribution in [1.82, 2.24) is 0 Å². The number of benzene rings is 1. The van der Waals surface area contributed by atoms with Gasteiger partial charge in [0.05, 0.1) is 23.2 Å². The van der Waals surface area contributed by atoms with E-state index in [1.54, 1.807) is 0 Å². The molecule has 0 atom stereocenters. The lowest BCUT2D eigenvalue weighted by molar-refractivity contribution is -0.385. The Morgan fingerprint density at radius 3 is 2.56 bits per heavy atom. The summed E-state index contributed by atoms with van der Waals surface area (Å²) in [5.41, 5.74) is 0.274. The molecular weight excluding hydrogens is 346 g/mol. The topological polar surface area (TPSA) is 69.4 Å². The second kappa shape index (κ2) is 5.40. The van der Waals surface area contributed by atoms with Crippen molar-refractivity contribution < 1.29 is 14.5 Å². The van der Waals surface area contributed by atoms with E-state index in [9.17, 15) is 14.9 Å². The number of nitro groups is 1. The third-order valence-electron chi connectivity index (χ3n) is 1.90. The Kier molecular flexibility index (Phi) is 4.43. The third kappa shape index (κ3) is 2.59. The molecule has 0 aromatic heterocycles. The van der Waals surface area contributed by atoms with Gasteiger partial charge in [0.25, 0.3) is 5.69 Å². The summed E-state index contributed by atoms with van der Waals surface area (Å²) in [6.07, 6.45) is 0. The van der Waals surface area contributed by atoms with Crippen molar-refractivity contribution in [1.29, 1.82) is 0 Å². The maximum atomic E-state index is 11.4. The summed E-state index contributed by atoms with van der Waals surface area (Å²) < 4.78 is 4.07. The number of halogens is 2. The number of rotatable bonds is 3. The van der Waals surface area contributed by atoms with Crippen molar-refractivity contribution in [3.8, 4) is 0 Å². The Morgan fingerprint density at radius 2 is 2.12 bits per heavy atom. The first-order valence-corrected chi connectivity index (χ1v) is 5.96. The lowest BCUT2D eigenvalue weighted by Gasteiger charge is -2.08. The molecule has 1 aromatic carbocycles. The molecule has 0 radical (unpaired) electrons. The fourth-order valence-electron chi connectivity index (χ4n) is 1.23. The molecule has 0 fully saturated rings. The highest BCUT2D eigenvalue weighted by molar-refractivity contribution is 9.24. The number of carbonyl (C=O) groups is 1. The molecule has 1 rings (SSSR count). The number of alkyl halides is 2. The molecule has 16 heavy (non-hydrogen) atoms. The van der Waals surface area contributed by atoms with Crippen LogP contribution in [0.4, 0.5) is 5.69 Å². The summed E-state index contributed by atoms with van der Waals surface area (Å²) in [6, 6.07) is 4.25. The van der Waals surface area contributed by atoms with E-state index in [1.807, 2.05) is 0 Å². The highest BCUT2D eigenvalue weighted by Crippen LogP contribution is 2.38. The molecule has 5 nitrogen and oxygen atoms in total. The molecule has 0 spiro atoms. The summed E-state index contributed by atoms with van der Waals surface area (Å²) in [5, 5.41) is 10.8. The lowest BCUT2D eigenvalue weighted by Crippen LogP contribution is -2.07. The molecular formula is C9H7Br2NO4. The number of carbonyl (C=O) groups excluding carboxylic acids is 1. The van der Waals surface area contributed by atoms with E-state index < -0.39 is 14.6 Å². The van der Waals surface area contributed by atoms with Crippen LogP contribution in [-0.2, 0) is 4.74 Å². The van der Waals surface area contributed by atoms with Gasteiger partial charge in [-0.25, -0.2) is 4.79 Å². The molecule has 0 aliphatic carbocycles. The minimum atomic E-state index is -0.609. The summed E-state index contributed by atoms with van der Waals surface area (Å²) >= 11 is 6.31. The van der Waals surface area contributed by atoms with E-state index in [-0.39, 0.29) is 16.8 Å². The van der Waals surface area contributed by atoms with E-state index in [1.165, 1.54) is 25.3 Å². The van der Waals surface area contributed by atoms with Gasteiger partial charge >= 0.3 is 5.97 Å². The van der Waals surface area contributed by atoms with Crippen molar-refractivity contribution in [2.24, 2.45) is 0 Å². The van der Waals surface area contributed by atoms with E-state index in [4.69, 9.17) is 0 Å². The van der Waals surface area contributed by atoms with Crippen LogP contribution in [0.5, 0.6) is 0 Å². The molecule has 0 bridgehead atoms. The predicted octanol–water partition coefficient (Wildman–Crippen LogP) is 3.17. The second-order valence-electron chi connectivity index (χ2n) is 2.79. The first-order chi connectivity index (χ1) is 7.49. The van der Waals surface area contributed by atoms with Gasteiger partial charge in [0.15, 0.2) is 0 Å². The first kappa shape index (κ1) is 13.1. The Hall–Kier alpha value is -0.950. The van der Waals surface area contributed by atoms with E-state index in [2.05, 4.69) is 36.6 Å². The summed E-state index contributed by atoms with van der Waals surface area (Å²) in [7, 11) is 1.22. The molecule has 0 saturated heterocycles. The van der Waals surface area contributed by atoms with Crippen LogP contribution >= 0.6 is 31.9 Å². The van der Waals surface area contributed by atoms with Gasteiger partial charge in [0, 0.05) is 6.07 Å². The Balaban J connectivity index is 3.44. The van der Waals surface area contributed by atoms with Crippen molar-refractivity contribution >= 4 is 43.5 Å². The number of esters is 1. The number of hydrogen-bond acceptors (Lipinski definition) is 4. The number of methoxy groups -OCH3 is 1. The SMILES string of the molecule is COC(=O)c1cccc([N+](=O)[O-])c1C(Br)Br. The molecule has 1 aromatic rings. The fraction of sp³-hybridized carbons (Fsp3) is 0.222. The van der Waals surface area contributed by atoms with Gasteiger partial charge in [0.2, 0.25) is 0 Å². The van der Waals surface area contributed by atoms with Crippen LogP contribution in [0.3, 0.4) is 0 Å². The second-order valence-corrected chi connectivity index (χ2v) is 5.85. The molecule has 0 aliphatic rings. The first-order valence-electron chi connectivity index (χ1n) is 4.12. The van der Waals surface area contributed by atoms with Crippen LogP contribution in [-0.4, -0.2) is 18.0 Å². The lowest BCUT2D eigenvalue weighted by atomic mass is 10.1. The van der Waals surface area contributed by atoms with Crippen molar-refractivity contribution in [3.05, 3.63) is 39.4 Å². The third-order valence-corrected chi connectivity index (χ3v) is 2.82. The maximum absolute atomic E-state index is 11.4. The van der Waals surface area contributed by atoms with Crippen LogP contribution in [0, 0.1) is 10.1 Å². The largest absolute Gasteiger partial charge is 0.465 e. The van der Waals surface area contributed by atoms with Gasteiger partial charge < -0.3 is 4.74 Å². The zero-order valence-electron chi connectivity index (χ0n) is 8.15. The van der Waals surface area contributed by atoms with Crippen LogP contribution in [0.1, 0.15) is 19.7 Å². The normalized spacial score (nSPS) is 10.2. The minimum absolute atomic E-state index is 0.137. The van der Waals surface area contributed by atoms with Crippen LogP contribution in [0.15, 0.2) is 18.2 Å². The minimum Gasteiger partial charge on any atom is -0.465 e. The summed E-state index contributed by atoms with van der Waals surface area (Å²) in [4.78, 5) is 21.7. The molecule has 0 amide bonds. The molecule has 0 saturated carbocycles. The highest BCUT2D eigenvalue weighted by atomic mass is 79.9. The number of nitrogens with zero attached hydrogens (tertiary/aromatic N) is 1. The average Bonchev–Trinajstić information content (AvgIpc) is 2.26. The van der Waals surface area contributed by atoms with E-state index in [0.29, 0.717) is 0 Å². The van der Waals surface area contributed by atoms with E-state index in [0.717, 1.165) is 0 Å². The summed E-state index contributed by atoms with van der Waals surface area (Å²) in [6.45, 7) is 0. The van der Waals surface area contributed by atoms with Crippen molar-refractivity contribution in [2.45, 2.75) is 3.74 Å². The monoisotopic (exact) mass is 351 g/mol.